The zero-order valence-corrected chi connectivity index (χ0v) is 9.80. The van der Waals surface area contributed by atoms with Crippen molar-refractivity contribution in [2.75, 3.05) is 5.01 Å². The van der Waals surface area contributed by atoms with Gasteiger partial charge in [-0.15, -0.1) is 0 Å². The van der Waals surface area contributed by atoms with Crippen molar-refractivity contribution in [2.24, 2.45) is 0 Å². The van der Waals surface area contributed by atoms with Crippen molar-refractivity contribution in [3.63, 3.8) is 0 Å². The third-order valence-electron chi connectivity index (χ3n) is 2.22. The summed E-state index contributed by atoms with van der Waals surface area (Å²) in [6.45, 7) is 3.51. The van der Waals surface area contributed by atoms with E-state index in [1.165, 1.54) is 6.07 Å². The molecule has 0 aliphatic carbocycles. The van der Waals surface area contributed by atoms with E-state index in [9.17, 15) is 18.0 Å². The molecular weight excluding hydrogens is 247 g/mol. The van der Waals surface area contributed by atoms with E-state index < -0.39 is 12.1 Å². The van der Waals surface area contributed by atoms with Gasteiger partial charge >= 0.3 is 12.1 Å². The Kier molecular flexibility index (Phi) is 3.95. The van der Waals surface area contributed by atoms with Crippen LogP contribution in [0.5, 0.6) is 0 Å². The number of halogens is 3. The first-order valence-electron chi connectivity index (χ1n) is 5.00. The Labute approximate surface area is 102 Å². The largest absolute Gasteiger partial charge is 0.472 e. The maximum absolute atomic E-state index is 12.1. The summed E-state index contributed by atoms with van der Waals surface area (Å²) in [4.78, 5) is 10.8. The van der Waals surface area contributed by atoms with Crippen LogP contribution in [0.3, 0.4) is 0 Å². The van der Waals surface area contributed by atoms with E-state index >= 15 is 0 Å². The first-order valence-corrected chi connectivity index (χ1v) is 5.00. The highest BCUT2D eigenvalue weighted by Crippen LogP contribution is 2.20. The molecule has 1 aromatic rings. The molecule has 0 aromatic heterocycles. The van der Waals surface area contributed by atoms with Crippen molar-refractivity contribution in [2.45, 2.75) is 20.0 Å². The first-order chi connectivity index (χ1) is 8.25. The van der Waals surface area contributed by atoms with Crippen LogP contribution in [0, 0.1) is 19.3 Å². The molecule has 0 unspecified atom stereocenters. The van der Waals surface area contributed by atoms with Gasteiger partial charge in [0.1, 0.15) is 6.34 Å². The molecule has 0 saturated heterocycles. The molecule has 1 aromatic carbocycles. The molecule has 0 atom stereocenters. The molecule has 0 radical (unpaired) electrons. The van der Waals surface area contributed by atoms with E-state index in [2.05, 4.69) is 0 Å². The van der Waals surface area contributed by atoms with Crippen molar-refractivity contribution in [1.29, 1.82) is 5.41 Å². The number of carbonyl (C=O) groups is 1. The Hall–Kier alpha value is -2.05. The van der Waals surface area contributed by atoms with E-state index in [-0.39, 0.29) is 0 Å². The number of anilines is 1. The molecule has 7 heteroatoms. The standard InChI is InChI=1S/C11H12F3N3O/c1-7-3-4-9(8(2)5-7)17(6-15)16-10(18)11(12,13)14/h3-6,15H,1-2H3,(H,16,18). The molecule has 1 amide bonds. The summed E-state index contributed by atoms with van der Waals surface area (Å²) < 4.78 is 36.3. The van der Waals surface area contributed by atoms with Crippen LogP contribution in [0.15, 0.2) is 18.2 Å². The van der Waals surface area contributed by atoms with Gasteiger partial charge in [-0.25, -0.2) is 5.01 Å². The summed E-state index contributed by atoms with van der Waals surface area (Å²) in [5.74, 6) is -2.12. The van der Waals surface area contributed by atoms with Gasteiger partial charge in [-0.05, 0) is 25.5 Å². The van der Waals surface area contributed by atoms with Gasteiger partial charge in [0.25, 0.3) is 0 Å². The van der Waals surface area contributed by atoms with Crippen molar-refractivity contribution in [3.05, 3.63) is 29.3 Å². The van der Waals surface area contributed by atoms with Crippen LogP contribution in [0.1, 0.15) is 11.1 Å². The fourth-order valence-electron chi connectivity index (χ4n) is 1.41. The van der Waals surface area contributed by atoms with Gasteiger partial charge in [-0.2, -0.15) is 13.2 Å². The van der Waals surface area contributed by atoms with Gasteiger partial charge in [0.05, 0.1) is 5.69 Å². The van der Waals surface area contributed by atoms with Crippen molar-refractivity contribution >= 4 is 17.9 Å². The van der Waals surface area contributed by atoms with E-state index in [1.54, 1.807) is 24.5 Å². The summed E-state index contributed by atoms with van der Waals surface area (Å²) in [6.07, 6.45) is -4.37. The Morgan fingerprint density at radius 1 is 1.39 bits per heavy atom. The second-order valence-corrected chi connectivity index (χ2v) is 3.73. The molecule has 2 N–H and O–H groups in total. The monoisotopic (exact) mass is 259 g/mol. The van der Waals surface area contributed by atoms with Gasteiger partial charge in [0.2, 0.25) is 0 Å². The zero-order chi connectivity index (χ0) is 13.9. The summed E-state index contributed by atoms with van der Waals surface area (Å²) >= 11 is 0. The first kappa shape index (κ1) is 14.0. The molecule has 1 rings (SSSR count). The predicted octanol–water partition coefficient (Wildman–Crippen LogP) is 2.31. The number of hydrogen-bond acceptors (Lipinski definition) is 2. The van der Waals surface area contributed by atoms with Crippen LogP contribution in [0.2, 0.25) is 0 Å². The molecule has 0 aliphatic rings. The number of aryl methyl sites for hydroxylation is 2. The Morgan fingerprint density at radius 2 is 2.00 bits per heavy atom. The average molecular weight is 259 g/mol. The van der Waals surface area contributed by atoms with Gasteiger partial charge in [0, 0.05) is 0 Å². The number of nitrogens with one attached hydrogen (secondary N) is 2. The predicted molar refractivity (Wildman–Crippen MR) is 61.4 cm³/mol. The number of carbonyl (C=O) groups excluding carboxylic acids is 1. The van der Waals surface area contributed by atoms with E-state index in [0.29, 0.717) is 17.6 Å². The van der Waals surface area contributed by atoms with Gasteiger partial charge < -0.3 is 0 Å². The minimum Gasteiger partial charge on any atom is -0.290 e. The van der Waals surface area contributed by atoms with Crippen LogP contribution in [-0.2, 0) is 4.79 Å². The number of rotatable bonds is 3. The lowest BCUT2D eigenvalue weighted by Crippen LogP contribution is -2.47. The van der Waals surface area contributed by atoms with Crippen LogP contribution in [0.25, 0.3) is 0 Å². The lowest BCUT2D eigenvalue weighted by atomic mass is 10.1. The number of alkyl halides is 3. The second kappa shape index (κ2) is 5.07. The highest BCUT2D eigenvalue weighted by Gasteiger charge is 2.39. The third kappa shape index (κ3) is 3.22. The Balaban J connectivity index is 2.97. The number of amides is 1. The fourth-order valence-corrected chi connectivity index (χ4v) is 1.41. The van der Waals surface area contributed by atoms with E-state index in [4.69, 9.17) is 5.41 Å². The lowest BCUT2D eigenvalue weighted by Gasteiger charge is -2.22. The summed E-state index contributed by atoms with van der Waals surface area (Å²) in [7, 11) is 0. The number of benzene rings is 1. The number of hydrazine groups is 1. The van der Waals surface area contributed by atoms with Crippen LogP contribution in [0.4, 0.5) is 18.9 Å². The molecule has 0 fully saturated rings. The third-order valence-corrected chi connectivity index (χ3v) is 2.22. The highest BCUT2D eigenvalue weighted by molar-refractivity contribution is 5.89. The summed E-state index contributed by atoms with van der Waals surface area (Å²) in [6, 6.07) is 4.95. The average Bonchev–Trinajstić information content (AvgIpc) is 2.25. The molecule has 0 bridgehead atoms. The van der Waals surface area contributed by atoms with Gasteiger partial charge in [-0.3, -0.25) is 15.6 Å². The van der Waals surface area contributed by atoms with Crippen LogP contribution in [-0.4, -0.2) is 18.4 Å². The molecular formula is C11H12F3N3O. The second-order valence-electron chi connectivity index (χ2n) is 3.73. The molecule has 0 aliphatic heterocycles. The minimum atomic E-state index is -4.99. The number of hydrogen-bond donors (Lipinski definition) is 2. The molecule has 98 valence electrons. The van der Waals surface area contributed by atoms with Gasteiger partial charge in [-0.1, -0.05) is 17.7 Å². The topological polar surface area (TPSA) is 56.2 Å². The molecule has 0 heterocycles. The van der Waals surface area contributed by atoms with Crippen molar-refractivity contribution < 1.29 is 18.0 Å². The van der Waals surface area contributed by atoms with Crippen LogP contribution >= 0.6 is 0 Å². The minimum absolute atomic E-state index is 0.313. The van der Waals surface area contributed by atoms with E-state index in [0.717, 1.165) is 10.6 Å². The quantitative estimate of drug-likeness (QED) is 0.497. The Morgan fingerprint density at radius 3 is 2.44 bits per heavy atom. The van der Waals surface area contributed by atoms with Crippen LogP contribution < -0.4 is 10.4 Å². The number of nitrogens with zero attached hydrogens (tertiary/aromatic N) is 1. The maximum atomic E-state index is 12.1. The lowest BCUT2D eigenvalue weighted by molar-refractivity contribution is -0.173. The van der Waals surface area contributed by atoms with Crippen molar-refractivity contribution in [3.8, 4) is 0 Å². The maximum Gasteiger partial charge on any atom is 0.472 e. The molecule has 4 nitrogen and oxygen atoms in total. The van der Waals surface area contributed by atoms with Crippen molar-refractivity contribution in [1.82, 2.24) is 5.43 Å². The molecule has 18 heavy (non-hydrogen) atoms. The van der Waals surface area contributed by atoms with Gasteiger partial charge in [0.15, 0.2) is 0 Å². The zero-order valence-electron chi connectivity index (χ0n) is 9.80. The molecule has 0 saturated carbocycles. The fraction of sp³-hybridized carbons (Fsp3) is 0.273. The summed E-state index contributed by atoms with van der Waals surface area (Å²) in [5, 5.41) is 7.79. The Bertz CT molecular complexity index is 471. The SMILES string of the molecule is Cc1ccc(N(C=N)NC(=O)C(F)(F)F)c(C)c1. The smallest absolute Gasteiger partial charge is 0.290 e. The van der Waals surface area contributed by atoms with E-state index in [1.807, 2.05) is 6.92 Å². The molecule has 0 spiro atoms. The summed E-state index contributed by atoms with van der Waals surface area (Å²) in [5.41, 5.74) is 3.51. The normalized spacial score (nSPS) is 10.9. The highest BCUT2D eigenvalue weighted by atomic mass is 19.4.